The summed E-state index contributed by atoms with van der Waals surface area (Å²) in [4.78, 5) is 11.7. The summed E-state index contributed by atoms with van der Waals surface area (Å²) in [6.45, 7) is 2.42. The quantitative estimate of drug-likeness (QED) is 0.775. The van der Waals surface area contributed by atoms with Gasteiger partial charge in [0.15, 0.2) is 0 Å². The minimum atomic E-state index is -0.00379. The molecule has 16 heavy (non-hydrogen) atoms. The molecule has 0 bridgehead atoms. The van der Waals surface area contributed by atoms with Crippen LogP contribution in [-0.2, 0) is 9.53 Å². The van der Waals surface area contributed by atoms with E-state index in [0.29, 0.717) is 13.0 Å². The Balaban J connectivity index is 2.21. The first-order valence-corrected chi connectivity index (χ1v) is 5.15. The van der Waals surface area contributed by atoms with Crippen molar-refractivity contribution in [1.29, 1.82) is 0 Å². The number of aryl methyl sites for hydroxylation is 1. The lowest BCUT2D eigenvalue weighted by atomic mass is 10.2. The fourth-order valence-electron chi connectivity index (χ4n) is 1.62. The third-order valence-corrected chi connectivity index (χ3v) is 2.42. The number of hydrogen-bond acceptors (Lipinski definition) is 3. The predicted octanol–water partition coefficient (Wildman–Crippen LogP) is 1.73. The van der Waals surface area contributed by atoms with Crippen molar-refractivity contribution in [2.75, 3.05) is 18.7 Å². The van der Waals surface area contributed by atoms with Crippen molar-refractivity contribution in [3.63, 3.8) is 0 Å². The van der Waals surface area contributed by atoms with Crippen LogP contribution in [0.15, 0.2) is 29.4 Å². The van der Waals surface area contributed by atoms with Crippen LogP contribution in [0.1, 0.15) is 12.0 Å². The minimum Gasteiger partial charge on any atom is -0.379 e. The van der Waals surface area contributed by atoms with Gasteiger partial charge in [0.05, 0.1) is 24.4 Å². The zero-order valence-corrected chi connectivity index (χ0v) is 9.43. The van der Waals surface area contributed by atoms with E-state index in [0.717, 1.165) is 17.0 Å². The van der Waals surface area contributed by atoms with Crippen LogP contribution in [0.5, 0.6) is 0 Å². The summed E-state index contributed by atoms with van der Waals surface area (Å²) in [5, 5.41) is 5.67. The first-order chi connectivity index (χ1) is 7.70. The number of rotatable bonds is 3. The van der Waals surface area contributed by atoms with Gasteiger partial charge in [-0.3, -0.25) is 4.79 Å². The highest BCUT2D eigenvalue weighted by Crippen LogP contribution is 2.20. The van der Waals surface area contributed by atoms with Crippen molar-refractivity contribution in [3.05, 3.63) is 29.8 Å². The Labute approximate surface area is 94.5 Å². The molecular weight excluding hydrogens is 204 g/mol. The van der Waals surface area contributed by atoms with Gasteiger partial charge in [-0.05, 0) is 19.1 Å². The molecule has 0 saturated carbocycles. The number of amides is 1. The average Bonchev–Trinajstić information content (AvgIpc) is 2.61. The number of methoxy groups -OCH3 is 1. The Morgan fingerprint density at radius 3 is 2.69 bits per heavy atom. The lowest BCUT2D eigenvalue weighted by molar-refractivity contribution is -0.116. The Bertz CT molecular complexity index is 423. The number of nitrogens with zero attached hydrogens (tertiary/aromatic N) is 2. The van der Waals surface area contributed by atoms with Crippen LogP contribution in [-0.4, -0.2) is 25.3 Å². The smallest absolute Gasteiger partial charge is 0.253 e. The molecule has 84 valence electrons. The average molecular weight is 218 g/mol. The minimum absolute atomic E-state index is 0.00379. The van der Waals surface area contributed by atoms with E-state index in [1.807, 2.05) is 31.2 Å². The fourth-order valence-corrected chi connectivity index (χ4v) is 1.62. The maximum absolute atomic E-state index is 11.7. The molecule has 1 heterocycles. The van der Waals surface area contributed by atoms with E-state index in [1.165, 1.54) is 5.01 Å². The van der Waals surface area contributed by atoms with Gasteiger partial charge in [-0.1, -0.05) is 17.7 Å². The molecule has 1 aromatic carbocycles. The first-order valence-electron chi connectivity index (χ1n) is 5.15. The molecule has 1 amide bonds. The molecule has 4 nitrogen and oxygen atoms in total. The molecule has 0 aliphatic carbocycles. The number of carbonyl (C=O) groups is 1. The molecular formula is C12H14N2O2. The molecule has 0 atom stereocenters. The molecule has 1 aliphatic heterocycles. The van der Waals surface area contributed by atoms with Gasteiger partial charge in [-0.15, -0.1) is 0 Å². The molecule has 0 radical (unpaired) electrons. The molecule has 0 N–H and O–H groups in total. The molecule has 4 heteroatoms. The first kappa shape index (κ1) is 10.8. The molecule has 0 saturated heterocycles. The van der Waals surface area contributed by atoms with E-state index in [9.17, 15) is 4.79 Å². The molecule has 0 spiro atoms. The van der Waals surface area contributed by atoms with Crippen LogP contribution in [0, 0.1) is 6.92 Å². The van der Waals surface area contributed by atoms with Crippen molar-refractivity contribution in [2.24, 2.45) is 5.10 Å². The molecule has 0 fully saturated rings. The van der Waals surface area contributed by atoms with E-state index < -0.39 is 0 Å². The van der Waals surface area contributed by atoms with E-state index in [2.05, 4.69) is 5.10 Å². The van der Waals surface area contributed by atoms with E-state index in [1.54, 1.807) is 7.11 Å². The Kier molecular flexibility index (Phi) is 3.01. The Morgan fingerprint density at radius 2 is 2.06 bits per heavy atom. The Hall–Kier alpha value is -1.68. The van der Waals surface area contributed by atoms with E-state index in [-0.39, 0.29) is 5.91 Å². The van der Waals surface area contributed by atoms with Gasteiger partial charge in [0.2, 0.25) is 0 Å². The summed E-state index contributed by atoms with van der Waals surface area (Å²) in [6, 6.07) is 7.72. The van der Waals surface area contributed by atoms with Crippen molar-refractivity contribution in [3.8, 4) is 0 Å². The fraction of sp³-hybridized carbons (Fsp3) is 0.333. The SMILES string of the molecule is COCC1=NN(c2ccc(C)cc2)C(=O)C1. The summed E-state index contributed by atoms with van der Waals surface area (Å²) >= 11 is 0. The lowest BCUT2D eigenvalue weighted by Gasteiger charge is -2.11. The van der Waals surface area contributed by atoms with Crippen LogP contribution in [0.4, 0.5) is 5.69 Å². The maximum atomic E-state index is 11.7. The molecule has 2 rings (SSSR count). The summed E-state index contributed by atoms with van der Waals surface area (Å²) in [5.74, 6) is -0.00379. The van der Waals surface area contributed by atoms with Crippen LogP contribution in [0.25, 0.3) is 0 Å². The second-order valence-corrected chi connectivity index (χ2v) is 3.82. The van der Waals surface area contributed by atoms with Gasteiger partial charge < -0.3 is 4.74 Å². The van der Waals surface area contributed by atoms with Crippen LogP contribution >= 0.6 is 0 Å². The highest BCUT2D eigenvalue weighted by molar-refractivity contribution is 6.13. The van der Waals surface area contributed by atoms with Crippen LogP contribution in [0.3, 0.4) is 0 Å². The number of carbonyl (C=O) groups excluding carboxylic acids is 1. The summed E-state index contributed by atoms with van der Waals surface area (Å²) in [7, 11) is 1.60. The largest absolute Gasteiger partial charge is 0.379 e. The zero-order valence-electron chi connectivity index (χ0n) is 9.43. The number of hydrazone groups is 1. The number of anilines is 1. The van der Waals surface area contributed by atoms with Gasteiger partial charge in [-0.2, -0.15) is 5.10 Å². The van der Waals surface area contributed by atoms with Gasteiger partial charge in [-0.25, -0.2) is 5.01 Å². The van der Waals surface area contributed by atoms with Gasteiger partial charge in [0.25, 0.3) is 5.91 Å². The third kappa shape index (κ3) is 2.12. The van der Waals surface area contributed by atoms with Crippen molar-refractivity contribution in [2.45, 2.75) is 13.3 Å². The maximum Gasteiger partial charge on any atom is 0.253 e. The van der Waals surface area contributed by atoms with E-state index in [4.69, 9.17) is 4.74 Å². The van der Waals surface area contributed by atoms with Crippen molar-refractivity contribution >= 4 is 17.3 Å². The van der Waals surface area contributed by atoms with Gasteiger partial charge in [0, 0.05) is 7.11 Å². The Morgan fingerprint density at radius 1 is 1.38 bits per heavy atom. The number of ether oxygens (including phenoxy) is 1. The summed E-state index contributed by atoms with van der Waals surface area (Å²) in [6.07, 6.45) is 0.349. The monoisotopic (exact) mass is 218 g/mol. The van der Waals surface area contributed by atoms with Crippen LogP contribution < -0.4 is 5.01 Å². The molecule has 0 unspecified atom stereocenters. The number of benzene rings is 1. The predicted molar refractivity (Wildman–Crippen MR) is 62.6 cm³/mol. The van der Waals surface area contributed by atoms with Gasteiger partial charge in [0.1, 0.15) is 0 Å². The van der Waals surface area contributed by atoms with Crippen LogP contribution in [0.2, 0.25) is 0 Å². The second-order valence-electron chi connectivity index (χ2n) is 3.82. The highest BCUT2D eigenvalue weighted by Gasteiger charge is 2.24. The summed E-state index contributed by atoms with van der Waals surface area (Å²) in [5.41, 5.74) is 2.74. The topological polar surface area (TPSA) is 41.9 Å². The lowest BCUT2D eigenvalue weighted by Crippen LogP contribution is -2.19. The molecule has 0 aromatic heterocycles. The van der Waals surface area contributed by atoms with Crippen molar-refractivity contribution in [1.82, 2.24) is 0 Å². The second kappa shape index (κ2) is 4.45. The third-order valence-electron chi connectivity index (χ3n) is 2.42. The highest BCUT2D eigenvalue weighted by atomic mass is 16.5. The number of hydrogen-bond donors (Lipinski definition) is 0. The summed E-state index contributed by atoms with van der Waals surface area (Å²) < 4.78 is 4.97. The van der Waals surface area contributed by atoms with Crippen molar-refractivity contribution < 1.29 is 9.53 Å². The van der Waals surface area contributed by atoms with Gasteiger partial charge >= 0.3 is 0 Å². The van der Waals surface area contributed by atoms with E-state index >= 15 is 0 Å². The normalized spacial score (nSPS) is 15.5. The standard InChI is InChI=1S/C12H14N2O2/c1-9-3-5-11(6-4-9)14-12(15)7-10(13-14)8-16-2/h3-6H,7-8H2,1-2H3. The zero-order chi connectivity index (χ0) is 11.5. The molecule has 1 aliphatic rings. The molecule has 1 aromatic rings.